The number of nitrogens with one attached hydrogen (secondary N) is 2. The molecule has 0 aliphatic rings. The predicted molar refractivity (Wildman–Crippen MR) is 78.4 cm³/mol. The van der Waals surface area contributed by atoms with Crippen molar-refractivity contribution in [2.24, 2.45) is 0 Å². The van der Waals surface area contributed by atoms with Gasteiger partial charge in [0.1, 0.15) is 11.6 Å². The van der Waals surface area contributed by atoms with Crippen molar-refractivity contribution in [3.05, 3.63) is 65.5 Å². The van der Waals surface area contributed by atoms with Gasteiger partial charge in [-0.15, -0.1) is 0 Å². The number of aromatic hydroxyl groups is 1. The van der Waals surface area contributed by atoms with Crippen molar-refractivity contribution in [1.29, 1.82) is 0 Å². The Bertz CT molecular complexity index is 582. The summed E-state index contributed by atoms with van der Waals surface area (Å²) in [5, 5.41) is 14.6. The third-order valence-electron chi connectivity index (χ3n) is 3.00. The predicted octanol–water partition coefficient (Wildman–Crippen LogP) is 2.57. The van der Waals surface area contributed by atoms with Gasteiger partial charge in [0, 0.05) is 13.1 Å². The first-order valence-electron chi connectivity index (χ1n) is 6.67. The molecule has 0 spiro atoms. The number of carbonyl (C=O) groups is 1. The Morgan fingerprint density at radius 1 is 0.952 bits per heavy atom. The monoisotopic (exact) mass is 288 g/mol. The molecule has 110 valence electrons. The number of halogens is 1. The smallest absolute Gasteiger partial charge is 0.315 e. The molecule has 2 aromatic carbocycles. The van der Waals surface area contributed by atoms with Crippen molar-refractivity contribution in [1.82, 2.24) is 10.6 Å². The minimum Gasteiger partial charge on any atom is -0.508 e. The number of benzene rings is 2. The molecule has 0 aliphatic carbocycles. The van der Waals surface area contributed by atoms with E-state index in [0.717, 1.165) is 11.1 Å². The summed E-state index contributed by atoms with van der Waals surface area (Å²) in [6, 6.07) is 12.6. The summed E-state index contributed by atoms with van der Waals surface area (Å²) < 4.78 is 12.7. The van der Waals surface area contributed by atoms with Crippen molar-refractivity contribution in [3.63, 3.8) is 0 Å². The number of urea groups is 1. The zero-order chi connectivity index (χ0) is 15.1. The van der Waals surface area contributed by atoms with Gasteiger partial charge in [-0.1, -0.05) is 24.3 Å². The summed E-state index contributed by atoms with van der Waals surface area (Å²) in [5.74, 6) is -0.0687. The van der Waals surface area contributed by atoms with Gasteiger partial charge in [0.05, 0.1) is 0 Å². The lowest BCUT2D eigenvalue weighted by molar-refractivity contribution is 0.240. The Kier molecular flexibility index (Phi) is 5.15. The molecule has 21 heavy (non-hydrogen) atoms. The summed E-state index contributed by atoms with van der Waals surface area (Å²) in [5.41, 5.74) is 1.87. The molecule has 0 bridgehead atoms. The average Bonchev–Trinajstić information content (AvgIpc) is 2.49. The fraction of sp³-hybridized carbons (Fsp3) is 0.188. The highest BCUT2D eigenvalue weighted by atomic mass is 19.1. The van der Waals surface area contributed by atoms with Crippen LogP contribution in [0.15, 0.2) is 48.5 Å². The third-order valence-corrected chi connectivity index (χ3v) is 3.00. The second-order valence-corrected chi connectivity index (χ2v) is 4.65. The molecule has 5 heteroatoms. The topological polar surface area (TPSA) is 61.4 Å². The number of amides is 2. The fourth-order valence-electron chi connectivity index (χ4n) is 1.83. The van der Waals surface area contributed by atoms with Gasteiger partial charge in [-0.25, -0.2) is 9.18 Å². The Labute approximate surface area is 122 Å². The van der Waals surface area contributed by atoms with Crippen molar-refractivity contribution >= 4 is 6.03 Å². The lowest BCUT2D eigenvalue weighted by Gasteiger charge is -2.08. The molecular formula is C16H17FN2O2. The lowest BCUT2D eigenvalue weighted by atomic mass is 10.1. The number of hydrogen-bond donors (Lipinski definition) is 3. The maximum absolute atomic E-state index is 12.7. The van der Waals surface area contributed by atoms with Crippen LogP contribution < -0.4 is 10.6 Å². The van der Waals surface area contributed by atoms with Crippen LogP contribution in [0.4, 0.5) is 9.18 Å². The minimum atomic E-state index is -0.294. The van der Waals surface area contributed by atoms with E-state index in [4.69, 9.17) is 5.11 Å². The van der Waals surface area contributed by atoms with Gasteiger partial charge in [0.15, 0.2) is 0 Å². The summed E-state index contributed by atoms with van der Waals surface area (Å²) in [7, 11) is 0. The van der Waals surface area contributed by atoms with E-state index in [1.54, 1.807) is 24.3 Å². The van der Waals surface area contributed by atoms with Crippen molar-refractivity contribution in [2.75, 3.05) is 6.54 Å². The summed E-state index contributed by atoms with van der Waals surface area (Å²) in [6.07, 6.45) is 0.685. The molecule has 2 rings (SSSR count). The van der Waals surface area contributed by atoms with E-state index in [-0.39, 0.29) is 17.6 Å². The van der Waals surface area contributed by atoms with Gasteiger partial charge in [-0.2, -0.15) is 0 Å². The van der Waals surface area contributed by atoms with Gasteiger partial charge >= 0.3 is 6.03 Å². The molecule has 4 nitrogen and oxygen atoms in total. The van der Waals surface area contributed by atoms with E-state index in [2.05, 4.69) is 10.6 Å². The molecule has 0 saturated heterocycles. The summed E-state index contributed by atoms with van der Waals surface area (Å²) in [4.78, 5) is 11.6. The van der Waals surface area contributed by atoms with Crippen molar-refractivity contribution in [2.45, 2.75) is 13.0 Å². The highest BCUT2D eigenvalue weighted by molar-refractivity contribution is 5.73. The molecule has 0 unspecified atom stereocenters. The zero-order valence-electron chi connectivity index (χ0n) is 11.5. The maximum atomic E-state index is 12.7. The Balaban J connectivity index is 1.67. The van der Waals surface area contributed by atoms with Gasteiger partial charge in [-0.05, 0) is 41.8 Å². The van der Waals surface area contributed by atoms with E-state index in [9.17, 15) is 9.18 Å². The van der Waals surface area contributed by atoms with Crippen LogP contribution in [0.5, 0.6) is 5.75 Å². The molecule has 0 fully saturated rings. The normalized spacial score (nSPS) is 10.1. The Hall–Kier alpha value is -2.56. The third kappa shape index (κ3) is 5.14. The molecule has 3 N–H and O–H groups in total. The largest absolute Gasteiger partial charge is 0.508 e. The van der Waals surface area contributed by atoms with Gasteiger partial charge < -0.3 is 15.7 Å². The van der Waals surface area contributed by atoms with E-state index in [1.165, 1.54) is 12.1 Å². The zero-order valence-corrected chi connectivity index (χ0v) is 11.5. The van der Waals surface area contributed by atoms with Gasteiger partial charge in [-0.3, -0.25) is 0 Å². The van der Waals surface area contributed by atoms with Crippen LogP contribution in [0.25, 0.3) is 0 Å². The van der Waals surface area contributed by atoms with E-state index in [0.29, 0.717) is 19.5 Å². The summed E-state index contributed by atoms with van der Waals surface area (Å²) in [6.45, 7) is 0.853. The molecule has 0 saturated carbocycles. The molecule has 0 heterocycles. The first kappa shape index (κ1) is 14.8. The molecule has 0 aliphatic heterocycles. The standard InChI is InChI=1S/C16H17FN2O2/c17-14-5-1-13(2-6-14)11-19-16(21)18-10-9-12-3-7-15(20)8-4-12/h1-8,20H,9-11H2,(H2,18,19,21). The van der Waals surface area contributed by atoms with Gasteiger partial charge in [0.25, 0.3) is 0 Å². The van der Waals surface area contributed by atoms with E-state index >= 15 is 0 Å². The molecular weight excluding hydrogens is 271 g/mol. The van der Waals surface area contributed by atoms with E-state index in [1.807, 2.05) is 12.1 Å². The number of hydrogen-bond acceptors (Lipinski definition) is 2. The van der Waals surface area contributed by atoms with Crippen molar-refractivity contribution < 1.29 is 14.3 Å². The molecule has 0 atom stereocenters. The Morgan fingerprint density at radius 3 is 2.24 bits per heavy atom. The van der Waals surface area contributed by atoms with Crippen LogP contribution in [0.3, 0.4) is 0 Å². The highest BCUT2D eigenvalue weighted by Crippen LogP contribution is 2.09. The summed E-state index contributed by atoms with van der Waals surface area (Å²) >= 11 is 0. The first-order valence-corrected chi connectivity index (χ1v) is 6.67. The number of phenols is 1. The number of rotatable bonds is 5. The van der Waals surface area contributed by atoms with Crippen LogP contribution in [0.2, 0.25) is 0 Å². The second-order valence-electron chi connectivity index (χ2n) is 4.65. The second kappa shape index (κ2) is 7.28. The highest BCUT2D eigenvalue weighted by Gasteiger charge is 2.01. The minimum absolute atomic E-state index is 0.226. The maximum Gasteiger partial charge on any atom is 0.315 e. The van der Waals surface area contributed by atoms with Crippen LogP contribution in [-0.2, 0) is 13.0 Å². The molecule has 2 amide bonds. The number of carbonyl (C=O) groups excluding carboxylic acids is 1. The average molecular weight is 288 g/mol. The number of phenolic OH excluding ortho intramolecular Hbond substituents is 1. The van der Waals surface area contributed by atoms with Gasteiger partial charge in [0.2, 0.25) is 0 Å². The Morgan fingerprint density at radius 2 is 1.57 bits per heavy atom. The molecule has 0 aromatic heterocycles. The van der Waals surface area contributed by atoms with Crippen LogP contribution in [0.1, 0.15) is 11.1 Å². The SMILES string of the molecule is O=C(NCCc1ccc(O)cc1)NCc1ccc(F)cc1. The van der Waals surface area contributed by atoms with Crippen LogP contribution in [0, 0.1) is 5.82 Å². The van der Waals surface area contributed by atoms with Crippen LogP contribution >= 0.6 is 0 Å². The van der Waals surface area contributed by atoms with Crippen molar-refractivity contribution in [3.8, 4) is 5.75 Å². The fourth-order valence-corrected chi connectivity index (χ4v) is 1.83. The van der Waals surface area contributed by atoms with E-state index < -0.39 is 0 Å². The quantitative estimate of drug-likeness (QED) is 0.792. The lowest BCUT2D eigenvalue weighted by Crippen LogP contribution is -2.36. The van der Waals surface area contributed by atoms with Crippen LogP contribution in [-0.4, -0.2) is 17.7 Å². The molecule has 0 radical (unpaired) electrons. The first-order chi connectivity index (χ1) is 10.1. The molecule has 2 aromatic rings.